The van der Waals surface area contributed by atoms with Crippen LogP contribution in [0, 0.1) is 0 Å². The minimum Gasteiger partial charge on any atom is -0.450 e. The largest absolute Gasteiger partial charge is 0.450 e. The minimum absolute atomic E-state index is 0.0445. The number of amides is 6. The van der Waals surface area contributed by atoms with E-state index < -0.39 is 24.1 Å². The van der Waals surface area contributed by atoms with Gasteiger partial charge in [0, 0.05) is 32.2 Å². The summed E-state index contributed by atoms with van der Waals surface area (Å²) in [5.74, 6) is -1.21. The zero-order valence-corrected chi connectivity index (χ0v) is 21.3. The Labute approximate surface area is 211 Å². The highest BCUT2D eigenvalue weighted by Crippen LogP contribution is 2.03. The summed E-state index contributed by atoms with van der Waals surface area (Å²) < 4.78 is 9.56. The molecular formula is C23H37N5O8. The molecule has 4 N–H and O–H groups in total. The average Bonchev–Trinajstić information content (AvgIpc) is 3.09. The van der Waals surface area contributed by atoms with Crippen molar-refractivity contribution < 1.29 is 38.2 Å². The van der Waals surface area contributed by atoms with Gasteiger partial charge in [0.05, 0.1) is 13.2 Å². The molecule has 0 fully saturated rings. The molecule has 202 valence electrons. The summed E-state index contributed by atoms with van der Waals surface area (Å²) in [6.07, 6.45) is 3.71. The van der Waals surface area contributed by atoms with Crippen molar-refractivity contribution in [3.05, 3.63) is 24.6 Å². The molecule has 0 saturated carbocycles. The lowest BCUT2D eigenvalue weighted by Gasteiger charge is -2.19. The van der Waals surface area contributed by atoms with Crippen molar-refractivity contribution in [2.45, 2.75) is 58.9 Å². The van der Waals surface area contributed by atoms with Crippen LogP contribution in [-0.4, -0.2) is 73.6 Å². The molecule has 0 bridgehead atoms. The predicted octanol–water partition coefficient (Wildman–Crippen LogP) is 1.06. The molecule has 0 saturated heterocycles. The maximum absolute atomic E-state index is 12.4. The molecule has 36 heavy (non-hydrogen) atoms. The summed E-state index contributed by atoms with van der Waals surface area (Å²) >= 11 is 0. The Kier molecular flexibility index (Phi) is 16.4. The van der Waals surface area contributed by atoms with E-state index in [0.29, 0.717) is 38.6 Å². The van der Waals surface area contributed by atoms with E-state index in [1.807, 2.05) is 6.92 Å². The van der Waals surface area contributed by atoms with Crippen LogP contribution in [0.2, 0.25) is 0 Å². The summed E-state index contributed by atoms with van der Waals surface area (Å²) in [5, 5.41) is 10.0. The van der Waals surface area contributed by atoms with Crippen molar-refractivity contribution in [2.75, 3.05) is 26.8 Å². The van der Waals surface area contributed by atoms with Gasteiger partial charge in [-0.05, 0) is 39.5 Å². The fraction of sp³-hybridized carbons (Fsp3) is 0.565. The number of rotatable bonds is 13. The molecule has 1 aliphatic rings. The van der Waals surface area contributed by atoms with Gasteiger partial charge in [0.25, 0.3) is 11.8 Å². The molecule has 13 heteroatoms. The molecule has 0 aliphatic carbocycles. The minimum atomic E-state index is -0.874. The first-order chi connectivity index (χ1) is 17.0. The number of imide groups is 1. The second-order valence-corrected chi connectivity index (χ2v) is 7.40. The molecule has 1 atom stereocenters. The van der Waals surface area contributed by atoms with E-state index >= 15 is 0 Å². The van der Waals surface area contributed by atoms with Gasteiger partial charge in [0.1, 0.15) is 11.9 Å². The number of carbonyl (C=O) groups is 6. The third-order valence-corrected chi connectivity index (χ3v) is 4.42. The molecule has 0 aromatic rings. The SMILES string of the molecule is C=C(NC(=O)CCC)NC(=O)C(CCCCNC(=O)OCC)NC(=O)OCC.CN1C(=O)C=CC1=O. The number of nitrogens with zero attached hydrogens (tertiary/aromatic N) is 1. The lowest BCUT2D eigenvalue weighted by atomic mass is 10.1. The van der Waals surface area contributed by atoms with Gasteiger partial charge in [-0.2, -0.15) is 0 Å². The molecule has 1 rings (SSSR count). The van der Waals surface area contributed by atoms with Crippen molar-refractivity contribution in [2.24, 2.45) is 0 Å². The van der Waals surface area contributed by atoms with Crippen LogP contribution in [0.3, 0.4) is 0 Å². The Bertz CT molecular complexity index is 809. The third kappa shape index (κ3) is 14.4. The zero-order valence-electron chi connectivity index (χ0n) is 21.3. The van der Waals surface area contributed by atoms with Crippen molar-refractivity contribution in [3.8, 4) is 0 Å². The van der Waals surface area contributed by atoms with E-state index in [4.69, 9.17) is 9.47 Å². The number of likely N-dealkylation sites (N-methyl/N-ethyl adjacent to an activating group) is 1. The van der Waals surface area contributed by atoms with Gasteiger partial charge in [0.2, 0.25) is 11.8 Å². The van der Waals surface area contributed by atoms with E-state index in [1.165, 1.54) is 19.2 Å². The maximum atomic E-state index is 12.4. The molecule has 0 aromatic heterocycles. The highest BCUT2D eigenvalue weighted by Gasteiger charge is 2.22. The van der Waals surface area contributed by atoms with Crippen LogP contribution in [0.5, 0.6) is 0 Å². The quantitative estimate of drug-likeness (QED) is 0.210. The van der Waals surface area contributed by atoms with Gasteiger partial charge < -0.3 is 30.7 Å². The first-order valence-corrected chi connectivity index (χ1v) is 11.7. The fourth-order valence-corrected chi connectivity index (χ4v) is 2.63. The Morgan fingerprint density at radius 2 is 1.53 bits per heavy atom. The summed E-state index contributed by atoms with van der Waals surface area (Å²) in [6, 6.07) is -0.874. The smallest absolute Gasteiger partial charge is 0.407 e. The molecule has 1 heterocycles. The molecule has 1 aliphatic heterocycles. The van der Waals surface area contributed by atoms with E-state index in [0.717, 1.165) is 4.90 Å². The van der Waals surface area contributed by atoms with Crippen LogP contribution in [0.4, 0.5) is 9.59 Å². The zero-order chi connectivity index (χ0) is 27.5. The number of carbonyl (C=O) groups excluding carboxylic acids is 6. The second kappa shape index (κ2) is 18.4. The number of nitrogens with one attached hydrogen (secondary N) is 4. The Morgan fingerprint density at radius 3 is 2.03 bits per heavy atom. The molecule has 0 aromatic carbocycles. The van der Waals surface area contributed by atoms with Gasteiger partial charge in [-0.3, -0.25) is 24.1 Å². The lowest BCUT2D eigenvalue weighted by Crippen LogP contribution is -2.48. The molecular weight excluding hydrogens is 474 g/mol. The Balaban J connectivity index is 0.00000128. The van der Waals surface area contributed by atoms with Crippen LogP contribution in [0.1, 0.15) is 52.9 Å². The van der Waals surface area contributed by atoms with Crippen LogP contribution < -0.4 is 21.3 Å². The summed E-state index contributed by atoms with van der Waals surface area (Å²) in [4.78, 5) is 68.7. The van der Waals surface area contributed by atoms with Crippen LogP contribution in [-0.2, 0) is 28.7 Å². The number of ether oxygens (including phenoxy) is 2. The normalized spacial score (nSPS) is 12.6. The van der Waals surface area contributed by atoms with Gasteiger partial charge in [-0.1, -0.05) is 13.5 Å². The fourth-order valence-electron chi connectivity index (χ4n) is 2.63. The molecule has 0 radical (unpaired) electrons. The summed E-state index contributed by atoms with van der Waals surface area (Å²) in [6.45, 7) is 9.65. The van der Waals surface area contributed by atoms with Crippen molar-refractivity contribution >= 4 is 35.8 Å². The van der Waals surface area contributed by atoms with Gasteiger partial charge >= 0.3 is 12.2 Å². The molecule has 6 amide bonds. The van der Waals surface area contributed by atoms with Crippen molar-refractivity contribution in [3.63, 3.8) is 0 Å². The maximum Gasteiger partial charge on any atom is 0.407 e. The van der Waals surface area contributed by atoms with E-state index in [-0.39, 0.29) is 36.8 Å². The Morgan fingerprint density at radius 1 is 0.944 bits per heavy atom. The number of hydrogen-bond acceptors (Lipinski definition) is 8. The average molecular weight is 512 g/mol. The first-order valence-electron chi connectivity index (χ1n) is 11.7. The number of unbranched alkanes of at least 4 members (excludes halogenated alkanes) is 1. The van der Waals surface area contributed by atoms with Crippen molar-refractivity contribution in [1.82, 2.24) is 26.2 Å². The van der Waals surface area contributed by atoms with E-state index in [1.54, 1.807) is 13.8 Å². The van der Waals surface area contributed by atoms with Crippen molar-refractivity contribution in [1.29, 1.82) is 0 Å². The van der Waals surface area contributed by atoms with Crippen LogP contribution in [0.25, 0.3) is 0 Å². The topological polar surface area (TPSA) is 172 Å². The summed E-state index contributed by atoms with van der Waals surface area (Å²) in [5.41, 5.74) is 0. The number of hydrogen-bond donors (Lipinski definition) is 4. The standard InChI is InChI=1S/C18H32N4O6.C5H5NO2/c1-5-10-15(23)20-13(4)21-16(24)14(22-18(26)28-7-3)11-8-9-12-19-17(25)27-6-2;1-6-4(7)2-3-5(6)8/h14H,4-12H2,1-3H3,(H,19,25)(H,20,23)(H,21,24)(H,22,26);2-3H,1H3. The van der Waals surface area contributed by atoms with Gasteiger partial charge in [0.15, 0.2) is 0 Å². The number of alkyl carbamates (subject to hydrolysis) is 2. The monoisotopic (exact) mass is 511 g/mol. The highest BCUT2D eigenvalue weighted by atomic mass is 16.6. The molecule has 1 unspecified atom stereocenters. The lowest BCUT2D eigenvalue weighted by molar-refractivity contribution is -0.135. The Hall–Kier alpha value is -3.90. The van der Waals surface area contributed by atoms with Crippen LogP contribution in [0.15, 0.2) is 24.6 Å². The van der Waals surface area contributed by atoms with Crippen LogP contribution >= 0.6 is 0 Å². The highest BCUT2D eigenvalue weighted by molar-refractivity contribution is 6.12. The third-order valence-electron chi connectivity index (χ3n) is 4.42. The van der Waals surface area contributed by atoms with E-state index in [9.17, 15) is 28.8 Å². The molecule has 13 nitrogen and oxygen atoms in total. The molecule has 0 spiro atoms. The summed E-state index contributed by atoms with van der Waals surface area (Å²) in [7, 11) is 1.45. The predicted molar refractivity (Wildman–Crippen MR) is 130 cm³/mol. The van der Waals surface area contributed by atoms with E-state index in [2.05, 4.69) is 27.8 Å². The van der Waals surface area contributed by atoms with Gasteiger partial charge in [-0.15, -0.1) is 0 Å². The van der Waals surface area contributed by atoms with Gasteiger partial charge in [-0.25, -0.2) is 9.59 Å². The first kappa shape index (κ1) is 32.1. The second-order valence-electron chi connectivity index (χ2n) is 7.40.